The van der Waals surface area contributed by atoms with Gasteiger partial charge in [0.05, 0.1) is 6.07 Å². The molecule has 0 spiro atoms. The highest BCUT2D eigenvalue weighted by Crippen LogP contribution is 2.22. The molecule has 1 aliphatic heterocycles. The number of nitriles is 1. The molecule has 0 bridgehead atoms. The molecule has 1 aliphatic rings. The van der Waals surface area contributed by atoms with Gasteiger partial charge in [-0.05, 0) is 51.6 Å². The van der Waals surface area contributed by atoms with E-state index in [9.17, 15) is 0 Å². The van der Waals surface area contributed by atoms with Crippen LogP contribution in [0.15, 0.2) is 0 Å². The molecule has 1 fully saturated rings. The van der Waals surface area contributed by atoms with Crippen molar-refractivity contribution in [3.05, 3.63) is 0 Å². The molecule has 3 heteroatoms. The summed E-state index contributed by atoms with van der Waals surface area (Å²) < 4.78 is 0. The zero-order valence-electron chi connectivity index (χ0n) is 12.1. The lowest BCUT2D eigenvalue weighted by molar-refractivity contribution is 0.135. The summed E-state index contributed by atoms with van der Waals surface area (Å²) in [5.41, 5.74) is 5.42. The van der Waals surface area contributed by atoms with Crippen LogP contribution < -0.4 is 5.73 Å². The highest BCUT2D eigenvalue weighted by atomic mass is 15.2. The lowest BCUT2D eigenvalue weighted by Gasteiger charge is -2.36. The van der Waals surface area contributed by atoms with E-state index in [0.29, 0.717) is 0 Å². The summed E-state index contributed by atoms with van der Waals surface area (Å²) in [5.74, 6) is 0. The third kappa shape index (κ3) is 4.59. The van der Waals surface area contributed by atoms with Crippen LogP contribution in [0.5, 0.6) is 0 Å². The van der Waals surface area contributed by atoms with E-state index in [2.05, 4.69) is 17.9 Å². The summed E-state index contributed by atoms with van der Waals surface area (Å²) in [6.07, 6.45) is 9.30. The van der Waals surface area contributed by atoms with E-state index in [-0.39, 0.29) is 0 Å². The quantitative estimate of drug-likeness (QED) is 0.756. The maximum absolute atomic E-state index is 9.07. The molecule has 0 aromatic heterocycles. The first-order valence-corrected chi connectivity index (χ1v) is 7.59. The molecule has 1 saturated heterocycles. The summed E-state index contributed by atoms with van der Waals surface area (Å²) in [4.78, 5) is 2.63. The van der Waals surface area contributed by atoms with Crippen LogP contribution in [0, 0.1) is 11.3 Å². The highest BCUT2D eigenvalue weighted by Gasteiger charge is 2.24. The van der Waals surface area contributed by atoms with Gasteiger partial charge in [-0.3, -0.25) is 0 Å². The van der Waals surface area contributed by atoms with Gasteiger partial charge in [-0.1, -0.05) is 26.7 Å². The topological polar surface area (TPSA) is 53.0 Å². The van der Waals surface area contributed by atoms with Crippen molar-refractivity contribution >= 4 is 0 Å². The predicted molar refractivity (Wildman–Crippen MR) is 76.2 cm³/mol. The molecule has 0 aromatic rings. The number of likely N-dealkylation sites (tertiary alicyclic amines) is 1. The molecular formula is C15H29N3. The molecule has 2 atom stereocenters. The van der Waals surface area contributed by atoms with Crippen molar-refractivity contribution in [2.75, 3.05) is 13.1 Å². The molecule has 104 valence electrons. The number of piperidine rings is 1. The molecule has 1 heterocycles. The number of hydrogen-bond donors (Lipinski definition) is 1. The normalized spacial score (nSPS) is 24.4. The van der Waals surface area contributed by atoms with Crippen LogP contribution in [0.3, 0.4) is 0 Å². The van der Waals surface area contributed by atoms with Gasteiger partial charge < -0.3 is 10.6 Å². The fourth-order valence-electron chi connectivity index (χ4n) is 2.92. The van der Waals surface area contributed by atoms with Crippen molar-refractivity contribution in [1.29, 1.82) is 5.26 Å². The van der Waals surface area contributed by atoms with Crippen molar-refractivity contribution in [1.82, 2.24) is 4.90 Å². The Labute approximate surface area is 112 Å². The fourth-order valence-corrected chi connectivity index (χ4v) is 2.92. The average Bonchev–Trinajstić information content (AvgIpc) is 2.41. The third-order valence-electron chi connectivity index (χ3n) is 4.29. The minimum absolute atomic E-state index is 0.601. The van der Waals surface area contributed by atoms with Gasteiger partial charge in [-0.15, -0.1) is 0 Å². The lowest BCUT2D eigenvalue weighted by Crippen LogP contribution is -2.42. The average molecular weight is 251 g/mol. The van der Waals surface area contributed by atoms with Crippen molar-refractivity contribution in [3.63, 3.8) is 0 Å². The van der Waals surface area contributed by atoms with Crippen molar-refractivity contribution in [2.24, 2.45) is 5.73 Å². The zero-order chi connectivity index (χ0) is 13.4. The zero-order valence-corrected chi connectivity index (χ0v) is 12.1. The minimum atomic E-state index is -0.601. The second-order valence-electron chi connectivity index (χ2n) is 5.70. The first-order valence-electron chi connectivity index (χ1n) is 7.59. The summed E-state index contributed by atoms with van der Waals surface area (Å²) in [7, 11) is 0. The number of nitrogens with two attached hydrogens (primary N) is 1. The molecule has 2 unspecified atom stereocenters. The largest absolute Gasteiger partial charge is 0.313 e. The maximum Gasteiger partial charge on any atom is 0.104 e. The molecule has 0 aliphatic carbocycles. The summed E-state index contributed by atoms with van der Waals surface area (Å²) >= 11 is 0. The van der Waals surface area contributed by atoms with Gasteiger partial charge in [0.2, 0.25) is 0 Å². The molecule has 0 saturated carbocycles. The fraction of sp³-hybridized carbons (Fsp3) is 0.933. The molecule has 2 N–H and O–H groups in total. The van der Waals surface area contributed by atoms with E-state index in [4.69, 9.17) is 11.0 Å². The van der Waals surface area contributed by atoms with E-state index in [1.807, 2.05) is 6.92 Å². The van der Waals surface area contributed by atoms with Crippen molar-refractivity contribution < 1.29 is 0 Å². The van der Waals surface area contributed by atoms with Gasteiger partial charge in [0, 0.05) is 6.04 Å². The summed E-state index contributed by atoms with van der Waals surface area (Å²) in [6, 6.07) is 3.04. The van der Waals surface area contributed by atoms with E-state index in [0.717, 1.165) is 31.8 Å². The maximum atomic E-state index is 9.07. The van der Waals surface area contributed by atoms with Crippen LogP contribution in [0.1, 0.15) is 65.2 Å². The molecule has 0 aromatic carbocycles. The smallest absolute Gasteiger partial charge is 0.104 e. The molecule has 3 nitrogen and oxygen atoms in total. The van der Waals surface area contributed by atoms with E-state index >= 15 is 0 Å². The monoisotopic (exact) mass is 251 g/mol. The first kappa shape index (κ1) is 15.5. The number of nitrogens with zero attached hydrogens (tertiary/aromatic N) is 2. The van der Waals surface area contributed by atoms with Gasteiger partial charge in [0.25, 0.3) is 0 Å². The van der Waals surface area contributed by atoms with Crippen LogP contribution in [-0.4, -0.2) is 29.6 Å². The summed E-state index contributed by atoms with van der Waals surface area (Å²) in [5, 5.41) is 9.07. The standard InChI is InChI=1S/C15H29N3/c1-3-8-14-9-5-6-11-18(14)12-7-10-15(17,4-2)13-16/h14H,3-12,17H2,1-2H3. The Kier molecular flexibility index (Phi) is 6.67. The second-order valence-corrected chi connectivity index (χ2v) is 5.70. The summed E-state index contributed by atoms with van der Waals surface area (Å²) in [6.45, 7) is 6.63. The Balaban J connectivity index is 2.34. The molecule has 0 radical (unpaired) electrons. The van der Waals surface area contributed by atoms with Crippen LogP contribution in [-0.2, 0) is 0 Å². The molecular weight excluding hydrogens is 222 g/mol. The third-order valence-corrected chi connectivity index (χ3v) is 4.29. The van der Waals surface area contributed by atoms with E-state index in [1.54, 1.807) is 0 Å². The van der Waals surface area contributed by atoms with Crippen LogP contribution in [0.2, 0.25) is 0 Å². The Morgan fingerprint density at radius 1 is 1.39 bits per heavy atom. The predicted octanol–water partition coefficient (Wildman–Crippen LogP) is 3.05. The van der Waals surface area contributed by atoms with Crippen LogP contribution >= 0.6 is 0 Å². The Hall–Kier alpha value is -0.590. The Morgan fingerprint density at radius 2 is 2.17 bits per heavy atom. The van der Waals surface area contributed by atoms with E-state index < -0.39 is 5.54 Å². The first-order chi connectivity index (χ1) is 8.65. The Bertz CT molecular complexity index is 269. The molecule has 0 amide bonds. The Morgan fingerprint density at radius 3 is 2.78 bits per heavy atom. The SMILES string of the molecule is CCCC1CCCCN1CCCC(N)(C#N)CC. The van der Waals surface area contributed by atoms with Gasteiger partial charge in [-0.2, -0.15) is 5.26 Å². The highest BCUT2D eigenvalue weighted by molar-refractivity contribution is 5.03. The van der Waals surface area contributed by atoms with Crippen LogP contribution in [0.4, 0.5) is 0 Å². The van der Waals surface area contributed by atoms with Crippen LogP contribution in [0.25, 0.3) is 0 Å². The van der Waals surface area contributed by atoms with Crippen molar-refractivity contribution in [3.8, 4) is 6.07 Å². The van der Waals surface area contributed by atoms with Gasteiger partial charge in [-0.25, -0.2) is 0 Å². The second kappa shape index (κ2) is 7.76. The number of hydrogen-bond acceptors (Lipinski definition) is 3. The van der Waals surface area contributed by atoms with Crippen molar-refractivity contribution in [2.45, 2.75) is 76.8 Å². The van der Waals surface area contributed by atoms with E-state index in [1.165, 1.54) is 38.6 Å². The minimum Gasteiger partial charge on any atom is -0.313 e. The van der Waals surface area contributed by atoms with Gasteiger partial charge >= 0.3 is 0 Å². The number of rotatable bonds is 7. The molecule has 1 rings (SSSR count). The lowest BCUT2D eigenvalue weighted by atomic mass is 9.92. The van der Waals surface area contributed by atoms with Gasteiger partial charge in [0.1, 0.15) is 5.54 Å². The van der Waals surface area contributed by atoms with Gasteiger partial charge in [0.15, 0.2) is 0 Å². The molecule has 18 heavy (non-hydrogen) atoms.